The monoisotopic (exact) mass is 252 g/mol. The van der Waals surface area contributed by atoms with Gasteiger partial charge in [0.25, 0.3) is 0 Å². The topological polar surface area (TPSA) is 52.5 Å². The molecule has 1 aromatic rings. The Morgan fingerprint density at radius 2 is 1.89 bits per heavy atom. The number of aliphatic hydroxyl groups excluding tert-OH is 1. The summed E-state index contributed by atoms with van der Waals surface area (Å²) in [5, 5.41) is 9.42. The van der Waals surface area contributed by atoms with Crippen LogP contribution >= 0.6 is 0 Å². The Labute approximate surface area is 109 Å². The molecule has 0 bridgehead atoms. The highest BCUT2D eigenvalue weighted by Crippen LogP contribution is 2.19. The maximum absolute atomic E-state index is 9.42. The second-order valence-corrected chi connectivity index (χ2v) is 5.10. The molecule has 0 fully saturated rings. The van der Waals surface area contributed by atoms with E-state index in [1.54, 1.807) is 0 Å². The Morgan fingerprint density at radius 3 is 2.39 bits per heavy atom. The molecular weight excluding hydrogens is 228 g/mol. The van der Waals surface area contributed by atoms with Gasteiger partial charge in [-0.25, -0.2) is 9.97 Å². The summed E-state index contributed by atoms with van der Waals surface area (Å²) in [5.41, 5.74) is 1.61. The number of hydrogen-bond donors (Lipinski definition) is 1. The maximum Gasteiger partial charge on any atom is 0.131 e. The molecule has 0 aliphatic heterocycles. The molecule has 1 aromatic heterocycles. The zero-order valence-corrected chi connectivity index (χ0v) is 12.0. The minimum absolute atomic E-state index is 0.0517. The van der Waals surface area contributed by atoms with Crippen molar-refractivity contribution >= 4 is 5.69 Å². The van der Waals surface area contributed by atoms with Crippen LogP contribution in [0.5, 0.6) is 0 Å². The van der Waals surface area contributed by atoms with E-state index in [1.807, 2.05) is 41.2 Å². The summed E-state index contributed by atoms with van der Waals surface area (Å²) in [6, 6.07) is 0. The van der Waals surface area contributed by atoms with Gasteiger partial charge in [0, 0.05) is 26.1 Å². The van der Waals surface area contributed by atoms with E-state index in [1.165, 1.54) is 0 Å². The van der Waals surface area contributed by atoms with Crippen molar-refractivity contribution in [1.29, 1.82) is 0 Å². The van der Waals surface area contributed by atoms with Crippen LogP contribution in [0.4, 0.5) is 5.69 Å². The van der Waals surface area contributed by atoms with E-state index in [0.717, 1.165) is 24.6 Å². The highest BCUT2D eigenvalue weighted by atomic mass is 16.3. The van der Waals surface area contributed by atoms with Gasteiger partial charge in [-0.05, 0) is 14.1 Å². The third-order valence-electron chi connectivity index (χ3n) is 2.82. The first-order chi connectivity index (χ1) is 8.45. The molecular formula is C13H24N4O. The summed E-state index contributed by atoms with van der Waals surface area (Å²) in [5.74, 6) is 1.06. The summed E-state index contributed by atoms with van der Waals surface area (Å²) in [7, 11) is 6.08. The van der Waals surface area contributed by atoms with Crippen LogP contribution in [0.25, 0.3) is 0 Å². The molecule has 1 heterocycles. The summed E-state index contributed by atoms with van der Waals surface area (Å²) in [4.78, 5) is 13.0. The van der Waals surface area contributed by atoms with Crippen LogP contribution in [-0.4, -0.2) is 54.2 Å². The summed E-state index contributed by atoms with van der Waals surface area (Å²) >= 11 is 0. The van der Waals surface area contributed by atoms with Crippen molar-refractivity contribution < 1.29 is 5.11 Å². The second kappa shape index (κ2) is 6.66. The lowest BCUT2D eigenvalue weighted by Crippen LogP contribution is -2.29. The lowest BCUT2D eigenvalue weighted by molar-refractivity contribution is 0.276. The molecule has 0 amide bonds. The first-order valence-electron chi connectivity index (χ1n) is 6.28. The van der Waals surface area contributed by atoms with Crippen molar-refractivity contribution in [2.45, 2.75) is 26.4 Å². The van der Waals surface area contributed by atoms with Crippen LogP contribution < -0.4 is 4.90 Å². The number of hydrogen-bond acceptors (Lipinski definition) is 5. The molecule has 0 saturated carbocycles. The van der Waals surface area contributed by atoms with Gasteiger partial charge in [-0.15, -0.1) is 0 Å². The number of rotatable bonds is 6. The van der Waals surface area contributed by atoms with Crippen molar-refractivity contribution in [1.82, 2.24) is 14.9 Å². The molecule has 102 valence electrons. The molecule has 1 rings (SSSR count). The number of likely N-dealkylation sites (N-methyl/N-ethyl adjacent to an activating group) is 2. The van der Waals surface area contributed by atoms with Gasteiger partial charge < -0.3 is 14.9 Å². The molecule has 0 spiro atoms. The summed E-state index contributed by atoms with van der Waals surface area (Å²) in [6.45, 7) is 5.87. The average Bonchev–Trinajstić information content (AvgIpc) is 2.34. The van der Waals surface area contributed by atoms with Gasteiger partial charge in [0.2, 0.25) is 0 Å². The summed E-state index contributed by atoms with van der Waals surface area (Å²) < 4.78 is 0. The fourth-order valence-corrected chi connectivity index (χ4v) is 1.61. The first-order valence-corrected chi connectivity index (χ1v) is 6.28. The fourth-order valence-electron chi connectivity index (χ4n) is 1.61. The molecule has 0 aliphatic rings. The summed E-state index contributed by atoms with van der Waals surface area (Å²) in [6.07, 6.45) is 1.81. The van der Waals surface area contributed by atoms with E-state index >= 15 is 0 Å². The lowest BCUT2D eigenvalue weighted by atomic mass is 10.2. The van der Waals surface area contributed by atoms with Crippen molar-refractivity contribution in [2.75, 3.05) is 39.1 Å². The van der Waals surface area contributed by atoms with Crippen molar-refractivity contribution in [2.24, 2.45) is 0 Å². The number of aromatic nitrogens is 2. The predicted octanol–water partition coefficient (Wildman–Crippen LogP) is 1.09. The molecule has 5 nitrogen and oxygen atoms in total. The highest BCUT2D eigenvalue weighted by Gasteiger charge is 2.12. The van der Waals surface area contributed by atoms with E-state index < -0.39 is 0 Å². The van der Waals surface area contributed by atoms with Crippen LogP contribution in [0.1, 0.15) is 31.3 Å². The quantitative estimate of drug-likeness (QED) is 0.821. The molecule has 0 saturated heterocycles. The van der Waals surface area contributed by atoms with E-state index in [9.17, 15) is 5.11 Å². The van der Waals surface area contributed by atoms with Gasteiger partial charge in [-0.2, -0.15) is 0 Å². The van der Waals surface area contributed by atoms with Crippen molar-refractivity contribution in [3.8, 4) is 0 Å². The Hall–Kier alpha value is -1.20. The maximum atomic E-state index is 9.42. The van der Waals surface area contributed by atoms with Crippen LogP contribution in [-0.2, 0) is 6.61 Å². The Morgan fingerprint density at radius 1 is 1.22 bits per heavy atom. The molecule has 0 radical (unpaired) electrons. The molecule has 0 aromatic carbocycles. The molecule has 0 aliphatic carbocycles. The average molecular weight is 252 g/mol. The minimum Gasteiger partial charge on any atom is -0.390 e. The molecule has 5 heteroatoms. The van der Waals surface area contributed by atoms with Gasteiger partial charge in [0.05, 0.1) is 24.2 Å². The predicted molar refractivity (Wildman–Crippen MR) is 73.9 cm³/mol. The van der Waals surface area contributed by atoms with Gasteiger partial charge >= 0.3 is 0 Å². The third kappa shape index (κ3) is 3.92. The van der Waals surface area contributed by atoms with E-state index in [2.05, 4.69) is 19.8 Å². The van der Waals surface area contributed by atoms with E-state index in [4.69, 9.17) is 0 Å². The smallest absolute Gasteiger partial charge is 0.131 e. The van der Waals surface area contributed by atoms with Gasteiger partial charge in [-0.3, -0.25) is 0 Å². The number of anilines is 1. The van der Waals surface area contributed by atoms with Gasteiger partial charge in [-0.1, -0.05) is 13.8 Å². The van der Waals surface area contributed by atoms with Crippen molar-refractivity contribution in [3.63, 3.8) is 0 Å². The van der Waals surface area contributed by atoms with E-state index in [0.29, 0.717) is 5.69 Å². The Balaban J connectivity index is 2.87. The second-order valence-electron chi connectivity index (χ2n) is 5.10. The molecule has 0 unspecified atom stereocenters. The number of aliphatic hydroxyl groups is 1. The van der Waals surface area contributed by atoms with Crippen molar-refractivity contribution in [3.05, 3.63) is 17.7 Å². The standard InChI is InChI=1S/C13H24N4O/c1-10(2)13-14-8-12(11(9-18)15-13)17(5)7-6-16(3)4/h8,10,18H,6-7,9H2,1-5H3. The zero-order chi connectivity index (χ0) is 13.7. The number of nitrogens with zero attached hydrogens (tertiary/aromatic N) is 4. The highest BCUT2D eigenvalue weighted by molar-refractivity contribution is 5.48. The molecule has 18 heavy (non-hydrogen) atoms. The van der Waals surface area contributed by atoms with Crippen LogP contribution in [0, 0.1) is 0 Å². The zero-order valence-electron chi connectivity index (χ0n) is 12.0. The van der Waals surface area contributed by atoms with Gasteiger partial charge in [0.15, 0.2) is 0 Å². The van der Waals surface area contributed by atoms with Crippen LogP contribution in [0.3, 0.4) is 0 Å². The first kappa shape index (κ1) is 14.9. The molecule has 1 N–H and O–H groups in total. The Kier molecular flexibility index (Phi) is 5.50. The minimum atomic E-state index is -0.0517. The Bertz CT molecular complexity index is 379. The van der Waals surface area contributed by atoms with Crippen LogP contribution in [0.2, 0.25) is 0 Å². The molecule has 0 atom stereocenters. The third-order valence-corrected chi connectivity index (χ3v) is 2.82. The van der Waals surface area contributed by atoms with Crippen LogP contribution in [0.15, 0.2) is 6.20 Å². The normalized spacial score (nSPS) is 11.3. The fraction of sp³-hybridized carbons (Fsp3) is 0.692. The SMILES string of the molecule is CC(C)c1ncc(N(C)CCN(C)C)c(CO)n1. The van der Waals surface area contributed by atoms with Gasteiger partial charge in [0.1, 0.15) is 5.82 Å². The largest absolute Gasteiger partial charge is 0.390 e. The van der Waals surface area contributed by atoms with E-state index in [-0.39, 0.29) is 12.5 Å². The lowest BCUT2D eigenvalue weighted by Gasteiger charge is -2.23.